The highest BCUT2D eigenvalue weighted by Gasteiger charge is 2.31. The smallest absolute Gasteiger partial charge is 0.0444 e. The normalized spacial score (nSPS) is 11.8. The molecule has 1 aromatic rings. The van der Waals surface area contributed by atoms with Crippen molar-refractivity contribution < 1.29 is 0 Å². The Hall–Kier alpha value is 0.440. The van der Waals surface area contributed by atoms with Crippen LogP contribution in [0.4, 0.5) is 0 Å². The molecular weight excluding hydrogens is 283 g/mol. The molecule has 0 fully saturated rings. The lowest BCUT2D eigenvalue weighted by Crippen LogP contribution is -2.31. The van der Waals surface area contributed by atoms with Crippen LogP contribution in [0.25, 0.3) is 0 Å². The summed E-state index contributed by atoms with van der Waals surface area (Å²) in [5.41, 5.74) is 0.862. The van der Waals surface area contributed by atoms with Gasteiger partial charge in [0.05, 0.1) is 0 Å². The first-order valence-corrected chi connectivity index (χ1v) is 7.90. The molecule has 0 nitrogen and oxygen atoms in total. The maximum Gasteiger partial charge on any atom is 0.0444 e. The van der Waals surface area contributed by atoms with Gasteiger partial charge in [0.25, 0.3) is 0 Å². The lowest BCUT2D eigenvalue weighted by Gasteiger charge is -2.30. The van der Waals surface area contributed by atoms with Crippen LogP contribution < -0.4 is 0 Å². The highest BCUT2D eigenvalue weighted by Crippen LogP contribution is 2.36. The van der Waals surface area contributed by atoms with Crippen molar-refractivity contribution in [1.29, 1.82) is 0 Å². The number of halogens is 3. The van der Waals surface area contributed by atoms with E-state index in [0.717, 1.165) is 22.8 Å². The van der Waals surface area contributed by atoms with Crippen LogP contribution in [-0.4, -0.2) is 23.8 Å². The molecule has 0 aliphatic carbocycles. The number of alkyl halides is 2. The summed E-state index contributed by atoms with van der Waals surface area (Å²) in [6, 6.07) is 7.82. The van der Waals surface area contributed by atoms with Crippen LogP contribution in [-0.2, 0) is 5.41 Å². The molecule has 16 heavy (non-hydrogen) atoms. The van der Waals surface area contributed by atoms with Crippen molar-refractivity contribution in [3.05, 3.63) is 34.9 Å². The lowest BCUT2D eigenvalue weighted by molar-refractivity contribution is 0.525. The predicted octanol–water partition coefficient (Wildman–Crippen LogP) is 4.81. The first kappa shape index (κ1) is 14.5. The van der Waals surface area contributed by atoms with Crippen molar-refractivity contribution in [2.75, 3.05) is 23.8 Å². The minimum atomic E-state index is -0.204. The molecule has 0 N–H and O–H groups in total. The average Bonchev–Trinajstić information content (AvgIpc) is 2.33. The standard InChI is InChI=1S/C12H15Cl3S/c1-16-7-6-12(8-13,9-14)10-4-2-3-5-11(10)15/h2-5H,6-9H2,1H3. The molecule has 1 aromatic carbocycles. The Morgan fingerprint density at radius 1 is 1.19 bits per heavy atom. The van der Waals surface area contributed by atoms with Gasteiger partial charge in [0.1, 0.15) is 0 Å². The number of hydrogen-bond acceptors (Lipinski definition) is 1. The van der Waals surface area contributed by atoms with E-state index in [-0.39, 0.29) is 5.41 Å². The van der Waals surface area contributed by atoms with E-state index in [1.165, 1.54) is 0 Å². The van der Waals surface area contributed by atoms with E-state index in [9.17, 15) is 0 Å². The van der Waals surface area contributed by atoms with E-state index in [1.807, 2.05) is 24.3 Å². The Morgan fingerprint density at radius 3 is 2.31 bits per heavy atom. The molecule has 1 rings (SSSR count). The number of rotatable bonds is 6. The van der Waals surface area contributed by atoms with Crippen LogP contribution in [0.2, 0.25) is 5.02 Å². The highest BCUT2D eigenvalue weighted by molar-refractivity contribution is 7.98. The summed E-state index contributed by atoms with van der Waals surface area (Å²) in [6.45, 7) is 0. The zero-order valence-electron chi connectivity index (χ0n) is 9.18. The summed E-state index contributed by atoms with van der Waals surface area (Å²) in [5.74, 6) is 2.03. The maximum atomic E-state index is 6.22. The number of benzene rings is 1. The lowest BCUT2D eigenvalue weighted by atomic mass is 9.81. The van der Waals surface area contributed by atoms with Crippen molar-refractivity contribution in [1.82, 2.24) is 0 Å². The quantitative estimate of drug-likeness (QED) is 0.679. The SMILES string of the molecule is CSCCC(CCl)(CCl)c1ccccc1Cl. The molecule has 0 aromatic heterocycles. The third-order valence-electron chi connectivity index (χ3n) is 2.74. The average molecular weight is 298 g/mol. The van der Waals surface area contributed by atoms with Gasteiger partial charge in [0.15, 0.2) is 0 Å². The van der Waals surface area contributed by atoms with Crippen molar-refractivity contribution in [3.63, 3.8) is 0 Å². The van der Waals surface area contributed by atoms with Gasteiger partial charge in [-0.1, -0.05) is 29.8 Å². The molecule has 0 unspecified atom stereocenters. The molecule has 0 bridgehead atoms. The summed E-state index contributed by atoms with van der Waals surface area (Å²) >= 11 is 20.2. The molecule has 0 atom stereocenters. The molecule has 0 aliphatic heterocycles. The van der Waals surface area contributed by atoms with Crippen molar-refractivity contribution >= 4 is 46.6 Å². The molecule has 0 amide bonds. The van der Waals surface area contributed by atoms with Gasteiger partial charge in [0, 0.05) is 22.2 Å². The molecule has 0 radical (unpaired) electrons. The molecule has 4 heteroatoms. The van der Waals surface area contributed by atoms with Crippen molar-refractivity contribution in [2.45, 2.75) is 11.8 Å². The third kappa shape index (κ3) is 3.22. The zero-order valence-corrected chi connectivity index (χ0v) is 12.3. The minimum absolute atomic E-state index is 0.204. The fourth-order valence-electron chi connectivity index (χ4n) is 1.64. The van der Waals surface area contributed by atoms with E-state index in [1.54, 1.807) is 11.8 Å². The monoisotopic (exact) mass is 296 g/mol. The van der Waals surface area contributed by atoms with Gasteiger partial charge in [-0.15, -0.1) is 23.2 Å². The second-order valence-corrected chi connectivity index (χ2v) is 5.70. The summed E-state index contributed by atoms with van der Waals surface area (Å²) in [7, 11) is 0. The second-order valence-electron chi connectivity index (χ2n) is 3.77. The van der Waals surface area contributed by atoms with E-state index < -0.39 is 0 Å². The van der Waals surface area contributed by atoms with Crippen LogP contribution in [0, 0.1) is 0 Å². The van der Waals surface area contributed by atoms with E-state index in [4.69, 9.17) is 34.8 Å². The van der Waals surface area contributed by atoms with Gasteiger partial charge in [-0.05, 0) is 30.1 Å². The third-order valence-corrected chi connectivity index (χ3v) is 4.71. The highest BCUT2D eigenvalue weighted by atomic mass is 35.5. The summed E-state index contributed by atoms with van der Waals surface area (Å²) < 4.78 is 0. The molecule has 0 heterocycles. The van der Waals surface area contributed by atoms with Gasteiger partial charge in [0.2, 0.25) is 0 Å². The minimum Gasteiger partial charge on any atom is -0.165 e. The zero-order chi connectivity index (χ0) is 12.0. The Balaban J connectivity index is 3.05. The predicted molar refractivity (Wildman–Crippen MR) is 77.6 cm³/mol. The Labute approximate surface area is 117 Å². The molecule has 0 spiro atoms. The largest absolute Gasteiger partial charge is 0.165 e. The Bertz CT molecular complexity index is 324. The molecule has 90 valence electrons. The first-order valence-electron chi connectivity index (χ1n) is 5.06. The summed E-state index contributed by atoms with van der Waals surface area (Å²) in [5, 5.41) is 0.755. The fraction of sp³-hybridized carbons (Fsp3) is 0.500. The van der Waals surface area contributed by atoms with Gasteiger partial charge in [-0.3, -0.25) is 0 Å². The van der Waals surface area contributed by atoms with Gasteiger partial charge >= 0.3 is 0 Å². The van der Waals surface area contributed by atoms with Crippen LogP contribution in [0.1, 0.15) is 12.0 Å². The molecule has 0 saturated heterocycles. The number of thioether (sulfide) groups is 1. The van der Waals surface area contributed by atoms with Crippen LogP contribution >= 0.6 is 46.6 Å². The van der Waals surface area contributed by atoms with E-state index in [0.29, 0.717) is 11.8 Å². The molecular formula is C12H15Cl3S. The van der Waals surface area contributed by atoms with Gasteiger partial charge < -0.3 is 0 Å². The van der Waals surface area contributed by atoms with E-state index >= 15 is 0 Å². The summed E-state index contributed by atoms with van der Waals surface area (Å²) in [6.07, 6.45) is 3.03. The van der Waals surface area contributed by atoms with Gasteiger partial charge in [-0.2, -0.15) is 11.8 Å². The molecule has 0 saturated carbocycles. The summed E-state index contributed by atoms with van der Waals surface area (Å²) in [4.78, 5) is 0. The second kappa shape index (κ2) is 7.00. The Kier molecular flexibility index (Phi) is 6.35. The van der Waals surface area contributed by atoms with Gasteiger partial charge in [-0.25, -0.2) is 0 Å². The van der Waals surface area contributed by atoms with E-state index in [2.05, 4.69) is 6.26 Å². The number of hydrogen-bond donors (Lipinski definition) is 0. The van der Waals surface area contributed by atoms with Crippen LogP contribution in [0.3, 0.4) is 0 Å². The maximum absolute atomic E-state index is 6.22. The fourth-order valence-corrected chi connectivity index (χ4v) is 3.41. The van der Waals surface area contributed by atoms with Crippen molar-refractivity contribution in [3.8, 4) is 0 Å². The van der Waals surface area contributed by atoms with Crippen LogP contribution in [0.15, 0.2) is 24.3 Å². The topological polar surface area (TPSA) is 0 Å². The first-order chi connectivity index (χ1) is 7.70. The Morgan fingerprint density at radius 2 is 1.81 bits per heavy atom. The van der Waals surface area contributed by atoms with Crippen LogP contribution in [0.5, 0.6) is 0 Å². The molecule has 0 aliphatic rings. The van der Waals surface area contributed by atoms with Crippen molar-refractivity contribution in [2.24, 2.45) is 0 Å².